The third kappa shape index (κ3) is 20.8. The van der Waals surface area contributed by atoms with Gasteiger partial charge in [-0.25, -0.2) is 23.2 Å². The van der Waals surface area contributed by atoms with Gasteiger partial charge in [-0.1, -0.05) is 76.2 Å². The van der Waals surface area contributed by atoms with Gasteiger partial charge >= 0.3 is 24.0 Å². The van der Waals surface area contributed by atoms with Crippen molar-refractivity contribution in [3.63, 3.8) is 0 Å². The van der Waals surface area contributed by atoms with Crippen LogP contribution in [0.5, 0.6) is 11.5 Å². The molecule has 0 bridgehead atoms. The maximum Gasteiger partial charge on any atom is 0.333 e. The van der Waals surface area contributed by atoms with E-state index in [1.165, 1.54) is 24.3 Å². The van der Waals surface area contributed by atoms with Crippen LogP contribution < -0.4 is 20.1 Å². The number of likely N-dealkylation sites (tertiary alicyclic amines) is 2. The second kappa shape index (κ2) is 29.9. The van der Waals surface area contributed by atoms with Gasteiger partial charge in [0.15, 0.2) is 6.10 Å². The maximum atomic E-state index is 13.3. The highest BCUT2D eigenvalue weighted by molar-refractivity contribution is 5.81. The molecule has 2 atom stereocenters. The van der Waals surface area contributed by atoms with Gasteiger partial charge < -0.3 is 55.0 Å². The molecule has 4 aromatic rings. The molecule has 4 amide bonds. The van der Waals surface area contributed by atoms with E-state index >= 15 is 0 Å². The van der Waals surface area contributed by atoms with E-state index < -0.39 is 24.0 Å². The van der Waals surface area contributed by atoms with Crippen LogP contribution in [0.1, 0.15) is 82.6 Å². The number of aliphatic hydroxyl groups is 1. The zero-order valence-electron chi connectivity index (χ0n) is 42.9. The number of aliphatic hydroxyl groups excluding tert-OH is 1. The summed E-state index contributed by atoms with van der Waals surface area (Å²) in [6.45, 7) is 16.7. The lowest BCUT2D eigenvalue weighted by Gasteiger charge is -2.37. The van der Waals surface area contributed by atoms with Crippen molar-refractivity contribution in [2.45, 2.75) is 105 Å². The first-order valence-electron chi connectivity index (χ1n) is 24.8. The molecule has 4 aromatic carbocycles. The number of piperidine rings is 2. The summed E-state index contributed by atoms with van der Waals surface area (Å²) in [4.78, 5) is 54.6. The predicted molar refractivity (Wildman–Crippen MR) is 273 cm³/mol. The van der Waals surface area contributed by atoms with Gasteiger partial charge in [-0.05, 0) is 156 Å². The molecular weight excluding hydrogens is 927 g/mol. The Morgan fingerprint density at radius 3 is 1.15 bits per heavy atom. The number of halogens is 2. The number of carbonyl (C=O) groups is 4. The number of hydrogen-bond acceptors (Lipinski definition) is 9. The lowest BCUT2D eigenvalue weighted by atomic mass is 10.0. The van der Waals surface area contributed by atoms with Crippen molar-refractivity contribution in [2.75, 3.05) is 53.5 Å². The molecule has 2 aliphatic heterocycles. The van der Waals surface area contributed by atoms with Crippen molar-refractivity contribution in [2.24, 2.45) is 17.8 Å². The Hall–Kier alpha value is -6.30. The molecule has 2 aliphatic rings. The average molecular weight is 1000 g/mol. The van der Waals surface area contributed by atoms with E-state index in [9.17, 15) is 28.0 Å². The average Bonchev–Trinajstić information content (AvgIpc) is 3.36. The third-order valence-electron chi connectivity index (χ3n) is 12.3. The predicted octanol–water partition coefficient (Wildman–Crippen LogP) is 8.49. The largest absolute Gasteiger partial charge is 0.493 e. The molecule has 0 aliphatic carbocycles. The Kier molecular flexibility index (Phi) is 24.2. The molecule has 5 N–H and O–H groups in total. The monoisotopic (exact) mass is 1000 g/mol. The van der Waals surface area contributed by atoms with Gasteiger partial charge in [-0.3, -0.25) is 4.79 Å². The van der Waals surface area contributed by atoms with E-state index in [2.05, 4.69) is 62.2 Å². The SMILES string of the molecule is CC(C(=O)O)C(O)C(=O)O.CC(C)COc1ccc(CNC(=O)N(Cc2ccc(F)cc2)C2CCN(C)CC2)cc1.CC(C)COc1ccc(CNC(=O)N(Cc2ccc(F)cc2)C2CCN(C)CC2)cc1. The van der Waals surface area contributed by atoms with E-state index in [1.807, 2.05) is 58.3 Å². The van der Waals surface area contributed by atoms with Gasteiger partial charge in [0, 0.05) is 38.3 Å². The first-order valence-corrected chi connectivity index (χ1v) is 24.8. The maximum absolute atomic E-state index is 13.3. The Morgan fingerprint density at radius 1 is 0.556 bits per heavy atom. The molecule has 0 spiro atoms. The molecular formula is C55H76F2N6O9. The Balaban J connectivity index is 0.000000263. The second-order valence-corrected chi connectivity index (χ2v) is 19.5. The number of nitrogens with one attached hydrogen (secondary N) is 2. The van der Waals surface area contributed by atoms with Crippen molar-refractivity contribution in [3.8, 4) is 11.5 Å². The van der Waals surface area contributed by atoms with Crippen LogP contribution >= 0.6 is 0 Å². The van der Waals surface area contributed by atoms with Crippen LogP contribution in [0.15, 0.2) is 97.1 Å². The van der Waals surface area contributed by atoms with Crippen molar-refractivity contribution in [1.82, 2.24) is 30.2 Å². The molecule has 0 aromatic heterocycles. The molecule has 2 heterocycles. The quantitative estimate of drug-likeness (QED) is 0.0607. The molecule has 0 radical (unpaired) electrons. The normalized spacial score (nSPS) is 15.2. The summed E-state index contributed by atoms with van der Waals surface area (Å²) in [5.74, 6) is -2.00. The number of hydrogen-bond donors (Lipinski definition) is 5. The highest BCUT2D eigenvalue weighted by Gasteiger charge is 2.29. The molecule has 394 valence electrons. The Morgan fingerprint density at radius 2 is 0.875 bits per heavy atom. The number of benzene rings is 4. The van der Waals surface area contributed by atoms with Gasteiger partial charge in [-0.15, -0.1) is 0 Å². The van der Waals surface area contributed by atoms with Crippen molar-refractivity contribution >= 4 is 24.0 Å². The van der Waals surface area contributed by atoms with Crippen LogP contribution in [-0.2, 0) is 35.8 Å². The summed E-state index contributed by atoms with van der Waals surface area (Å²) in [6.07, 6.45) is 1.93. The Labute approximate surface area is 424 Å². The minimum absolute atomic E-state index is 0.0842. The number of carbonyl (C=O) groups excluding carboxylic acids is 2. The first kappa shape index (κ1) is 58.3. The lowest BCUT2D eigenvalue weighted by molar-refractivity contribution is -0.158. The van der Waals surface area contributed by atoms with E-state index in [-0.39, 0.29) is 35.8 Å². The van der Waals surface area contributed by atoms with Gasteiger partial charge in [-0.2, -0.15) is 0 Å². The van der Waals surface area contributed by atoms with Crippen molar-refractivity contribution in [3.05, 3.63) is 131 Å². The summed E-state index contributed by atoms with van der Waals surface area (Å²) in [7, 11) is 4.21. The van der Waals surface area contributed by atoms with Gasteiger partial charge in [0.1, 0.15) is 23.1 Å². The fraction of sp³-hybridized carbons (Fsp3) is 0.491. The van der Waals surface area contributed by atoms with Crippen LogP contribution in [-0.4, -0.2) is 131 Å². The molecule has 6 rings (SSSR count). The van der Waals surface area contributed by atoms with Gasteiger partial charge in [0.05, 0.1) is 19.1 Å². The number of urea groups is 2. The number of amides is 4. The van der Waals surface area contributed by atoms with E-state index in [0.29, 0.717) is 51.2 Å². The summed E-state index contributed by atoms with van der Waals surface area (Å²) in [6, 6.07) is 28.7. The number of ether oxygens (including phenoxy) is 2. The van der Waals surface area contributed by atoms with Gasteiger partial charge in [0.2, 0.25) is 0 Å². The van der Waals surface area contributed by atoms with Gasteiger partial charge in [0.25, 0.3) is 0 Å². The minimum atomic E-state index is -1.82. The first-order chi connectivity index (χ1) is 34.3. The molecule has 17 heteroatoms. The van der Waals surface area contributed by atoms with Crippen LogP contribution in [0, 0.1) is 29.4 Å². The Bertz CT molecular complexity index is 2080. The van der Waals surface area contributed by atoms with Crippen LogP contribution in [0.25, 0.3) is 0 Å². The number of aliphatic carboxylic acids is 2. The summed E-state index contributed by atoms with van der Waals surface area (Å²) >= 11 is 0. The standard InChI is InChI=1S/2C25H34FN3O2.C5H8O5/c2*1-19(2)18-31-24-10-6-20(7-11-24)16-27-25(30)29(23-12-14-28(3)15-13-23)17-21-4-8-22(26)9-5-21;1-2(4(7)8)3(6)5(9)10/h2*4-11,19,23H,12-18H2,1-3H3,(H,27,30);2-3,6H,1H3,(H,7,8)(H,9,10). The molecule has 0 saturated carbocycles. The summed E-state index contributed by atoms with van der Waals surface area (Å²) in [5.41, 5.74) is 3.91. The number of carboxylic acids is 2. The minimum Gasteiger partial charge on any atom is -0.493 e. The highest BCUT2D eigenvalue weighted by Crippen LogP contribution is 2.22. The molecule has 72 heavy (non-hydrogen) atoms. The molecule has 2 fully saturated rings. The zero-order valence-corrected chi connectivity index (χ0v) is 42.9. The topological polar surface area (TPSA) is 184 Å². The van der Waals surface area contributed by atoms with E-state index in [1.54, 1.807) is 24.3 Å². The smallest absolute Gasteiger partial charge is 0.333 e. The summed E-state index contributed by atoms with van der Waals surface area (Å²) in [5, 5.41) is 31.0. The van der Waals surface area contributed by atoms with E-state index in [4.69, 9.17) is 24.8 Å². The fourth-order valence-electron chi connectivity index (χ4n) is 7.76. The molecule has 2 saturated heterocycles. The molecule has 2 unspecified atom stereocenters. The van der Waals surface area contributed by atoms with Crippen LogP contribution in [0.2, 0.25) is 0 Å². The third-order valence-corrected chi connectivity index (χ3v) is 12.3. The highest BCUT2D eigenvalue weighted by atomic mass is 19.1. The van der Waals surface area contributed by atoms with Crippen molar-refractivity contribution < 1.29 is 52.8 Å². The number of carboxylic acid groups (broad SMARTS) is 2. The van der Waals surface area contributed by atoms with Crippen LogP contribution in [0.3, 0.4) is 0 Å². The van der Waals surface area contributed by atoms with Crippen LogP contribution in [0.4, 0.5) is 18.4 Å². The van der Waals surface area contributed by atoms with Crippen molar-refractivity contribution in [1.29, 1.82) is 0 Å². The molecule has 15 nitrogen and oxygen atoms in total. The van der Waals surface area contributed by atoms with E-state index in [0.717, 1.165) is 92.5 Å². The second-order valence-electron chi connectivity index (χ2n) is 19.5. The zero-order chi connectivity index (χ0) is 52.7. The number of rotatable bonds is 19. The lowest BCUT2D eigenvalue weighted by Crippen LogP contribution is -2.49. The fourth-order valence-corrected chi connectivity index (χ4v) is 7.76. The summed E-state index contributed by atoms with van der Waals surface area (Å²) < 4.78 is 38.0. The number of nitrogens with zero attached hydrogens (tertiary/aromatic N) is 4.